The number of benzene rings is 3. The SMILES string of the molecule is Cc1cc(C)c(Nc2cc(C)c(N=Nc3c(C#N)c(C(C)(C)C)nn3-c3nc4ccc(S(=O)(=O)NC(C)C)cc4s3)c(Nc3c(C)cc(C)cc3C)n2)c(C)c1. The van der Waals surface area contributed by atoms with Gasteiger partial charge in [0.25, 0.3) is 0 Å². The van der Waals surface area contributed by atoms with Crippen LogP contribution in [0.25, 0.3) is 15.3 Å². The Morgan fingerprint density at radius 1 is 0.804 bits per heavy atom. The number of sulfonamides is 1. The maximum atomic E-state index is 13.0. The first-order chi connectivity index (χ1) is 26.2. The van der Waals surface area contributed by atoms with E-state index in [2.05, 4.69) is 87.2 Å². The summed E-state index contributed by atoms with van der Waals surface area (Å²) < 4.78 is 30.8. The fraction of sp³-hybridized carbons (Fsp3) is 0.333. The minimum absolute atomic E-state index is 0.134. The van der Waals surface area contributed by atoms with Gasteiger partial charge in [-0.2, -0.15) is 15.0 Å². The largest absolute Gasteiger partial charge is 0.340 e. The zero-order valence-corrected chi connectivity index (χ0v) is 35.6. The number of nitrogens with one attached hydrogen (secondary N) is 3. The van der Waals surface area contributed by atoms with E-state index < -0.39 is 15.4 Å². The third-order valence-electron chi connectivity index (χ3n) is 9.19. The van der Waals surface area contributed by atoms with Crippen molar-refractivity contribution in [1.82, 2.24) is 24.5 Å². The Balaban J connectivity index is 1.51. The Hall–Kier alpha value is -5.49. The lowest BCUT2D eigenvalue weighted by Crippen LogP contribution is -2.30. The average molecular weight is 789 g/mol. The van der Waals surface area contributed by atoms with E-state index in [1.54, 1.807) is 26.0 Å². The molecule has 14 heteroatoms. The lowest BCUT2D eigenvalue weighted by molar-refractivity contribution is 0.559. The molecule has 3 aromatic carbocycles. The number of aromatic nitrogens is 4. The number of pyridine rings is 1. The van der Waals surface area contributed by atoms with Crippen molar-refractivity contribution < 1.29 is 8.42 Å². The van der Waals surface area contributed by atoms with E-state index in [1.165, 1.54) is 27.6 Å². The molecule has 0 saturated heterocycles. The zero-order chi connectivity index (χ0) is 40.9. The highest BCUT2D eigenvalue weighted by Gasteiger charge is 2.29. The van der Waals surface area contributed by atoms with Gasteiger partial charge in [-0.25, -0.2) is 23.1 Å². The second kappa shape index (κ2) is 15.2. The molecule has 6 aromatic rings. The minimum Gasteiger partial charge on any atom is -0.340 e. The maximum absolute atomic E-state index is 13.0. The third kappa shape index (κ3) is 8.21. The van der Waals surface area contributed by atoms with Gasteiger partial charge in [-0.3, -0.25) is 0 Å². The Morgan fingerprint density at radius 3 is 1.95 bits per heavy atom. The first-order valence-electron chi connectivity index (χ1n) is 18.4. The van der Waals surface area contributed by atoms with E-state index in [9.17, 15) is 13.7 Å². The summed E-state index contributed by atoms with van der Waals surface area (Å²) in [7, 11) is -3.73. The molecule has 0 aliphatic carbocycles. The highest BCUT2D eigenvalue weighted by molar-refractivity contribution is 7.89. The molecule has 3 aromatic heterocycles. The summed E-state index contributed by atoms with van der Waals surface area (Å²) in [6.07, 6.45) is 0. The second-order valence-corrected chi connectivity index (χ2v) is 18.5. The molecule has 0 amide bonds. The molecule has 0 fully saturated rings. The predicted molar refractivity (Wildman–Crippen MR) is 227 cm³/mol. The number of fused-ring (bicyclic) bond motifs is 1. The minimum atomic E-state index is -3.73. The zero-order valence-electron chi connectivity index (χ0n) is 34.0. The van der Waals surface area contributed by atoms with Crippen LogP contribution in [0.3, 0.4) is 0 Å². The van der Waals surface area contributed by atoms with Gasteiger partial charge in [0.05, 0.1) is 20.8 Å². The topological polar surface area (TPSA) is 162 Å². The van der Waals surface area contributed by atoms with E-state index >= 15 is 0 Å². The van der Waals surface area contributed by atoms with Crippen LogP contribution in [0.1, 0.15) is 84.8 Å². The molecule has 56 heavy (non-hydrogen) atoms. The van der Waals surface area contributed by atoms with Crippen LogP contribution in [0.5, 0.6) is 0 Å². The molecule has 290 valence electrons. The third-order valence-corrected chi connectivity index (χ3v) is 11.8. The Kier molecular flexibility index (Phi) is 10.9. The van der Waals surface area contributed by atoms with Crippen LogP contribution in [0.15, 0.2) is 63.7 Å². The van der Waals surface area contributed by atoms with Gasteiger partial charge in [-0.05, 0) is 114 Å². The molecule has 3 heterocycles. The summed E-state index contributed by atoms with van der Waals surface area (Å²) >= 11 is 1.25. The molecule has 0 radical (unpaired) electrons. The Morgan fingerprint density at radius 2 is 1.39 bits per heavy atom. The van der Waals surface area contributed by atoms with Crippen LogP contribution in [0.4, 0.5) is 34.5 Å². The molecule has 3 N–H and O–H groups in total. The van der Waals surface area contributed by atoms with E-state index in [0.29, 0.717) is 38.4 Å². The highest BCUT2D eigenvalue weighted by Crippen LogP contribution is 2.40. The van der Waals surface area contributed by atoms with Crippen LogP contribution in [0.2, 0.25) is 0 Å². The summed E-state index contributed by atoms with van der Waals surface area (Å²) in [6, 6.07) is 17.3. The number of thiazole rings is 1. The number of aryl methyl sites for hydroxylation is 7. The van der Waals surface area contributed by atoms with Gasteiger partial charge in [0, 0.05) is 22.8 Å². The van der Waals surface area contributed by atoms with Gasteiger partial charge in [-0.1, -0.05) is 67.5 Å². The van der Waals surface area contributed by atoms with E-state index in [1.807, 2.05) is 33.8 Å². The second-order valence-electron chi connectivity index (χ2n) is 15.7. The normalized spacial score (nSPS) is 12.2. The first-order valence-corrected chi connectivity index (χ1v) is 20.7. The number of nitrogens with zero attached hydrogens (tertiary/aromatic N) is 7. The number of hydrogen-bond donors (Lipinski definition) is 3. The van der Waals surface area contributed by atoms with Gasteiger partial charge >= 0.3 is 0 Å². The molecular formula is C42H48N10O2S2. The van der Waals surface area contributed by atoms with E-state index in [0.717, 1.165) is 44.8 Å². The van der Waals surface area contributed by atoms with Crippen LogP contribution >= 0.6 is 11.3 Å². The molecule has 0 atom stereocenters. The van der Waals surface area contributed by atoms with Gasteiger partial charge in [0.15, 0.2) is 11.6 Å². The van der Waals surface area contributed by atoms with Crippen LogP contribution in [-0.2, 0) is 15.4 Å². The van der Waals surface area contributed by atoms with Crippen molar-refractivity contribution >= 4 is 66.1 Å². The van der Waals surface area contributed by atoms with Crippen molar-refractivity contribution in [3.63, 3.8) is 0 Å². The average Bonchev–Trinajstić information content (AvgIpc) is 3.68. The summed E-state index contributed by atoms with van der Waals surface area (Å²) in [5.74, 6) is 1.32. The highest BCUT2D eigenvalue weighted by atomic mass is 32.2. The van der Waals surface area contributed by atoms with Crippen LogP contribution < -0.4 is 15.4 Å². The summed E-state index contributed by atoms with van der Waals surface area (Å²) in [6.45, 7) is 23.8. The maximum Gasteiger partial charge on any atom is 0.240 e. The number of azo groups is 1. The molecule has 0 unspecified atom stereocenters. The lowest BCUT2D eigenvalue weighted by Gasteiger charge is -2.18. The van der Waals surface area contributed by atoms with Gasteiger partial charge in [0.1, 0.15) is 23.1 Å². The molecule has 0 spiro atoms. The van der Waals surface area contributed by atoms with Crippen LogP contribution in [-0.4, -0.2) is 34.2 Å². The number of rotatable bonds is 10. The van der Waals surface area contributed by atoms with Crippen LogP contribution in [0, 0.1) is 59.8 Å². The fourth-order valence-electron chi connectivity index (χ4n) is 6.83. The lowest BCUT2D eigenvalue weighted by atomic mass is 9.90. The Labute approximate surface area is 333 Å². The van der Waals surface area contributed by atoms with E-state index in [4.69, 9.17) is 25.3 Å². The number of hydrogen-bond acceptors (Lipinski definition) is 11. The molecule has 0 aliphatic rings. The molecule has 0 aliphatic heterocycles. The predicted octanol–water partition coefficient (Wildman–Crippen LogP) is 10.8. The molecule has 0 bridgehead atoms. The van der Waals surface area contributed by atoms with Gasteiger partial charge in [-0.15, -0.1) is 10.2 Å². The summed E-state index contributed by atoms with van der Waals surface area (Å²) in [5.41, 5.74) is 10.7. The van der Waals surface area contributed by atoms with Crippen molar-refractivity contribution in [1.29, 1.82) is 5.26 Å². The monoisotopic (exact) mass is 788 g/mol. The molecule has 12 nitrogen and oxygen atoms in total. The number of nitriles is 1. The number of anilines is 4. The first kappa shape index (κ1) is 40.2. The van der Waals surface area contributed by atoms with Crippen molar-refractivity contribution in [2.45, 2.75) is 99.4 Å². The Bertz CT molecular complexity index is 2650. The summed E-state index contributed by atoms with van der Waals surface area (Å²) in [5, 5.41) is 32.5. The molecular weight excluding hydrogens is 741 g/mol. The van der Waals surface area contributed by atoms with Gasteiger partial charge in [0.2, 0.25) is 15.2 Å². The molecule has 0 saturated carbocycles. The van der Waals surface area contributed by atoms with Crippen molar-refractivity contribution in [2.75, 3.05) is 10.6 Å². The van der Waals surface area contributed by atoms with Gasteiger partial charge < -0.3 is 10.6 Å². The smallest absolute Gasteiger partial charge is 0.240 e. The van der Waals surface area contributed by atoms with Crippen molar-refractivity contribution in [3.05, 3.63) is 98.7 Å². The standard InChI is InChI=1S/C42H48N10O2S2/c1-22(2)51-56(53,54)30-13-14-32-33(20-30)55-41(44-32)52-40(31(21-43)38(50-52)42(10,11)12)49-48-37-29(9)19-34(45-35-25(5)15-23(3)16-26(35)6)46-39(37)47-36-27(7)17-24(4)18-28(36)8/h13-20,22,51H,1-12H3,(H2,45,46,47). The fourth-order valence-corrected chi connectivity index (χ4v) is 9.14. The quantitative estimate of drug-likeness (QED) is 0.116. The summed E-state index contributed by atoms with van der Waals surface area (Å²) in [4.78, 5) is 10.00. The van der Waals surface area contributed by atoms with Crippen molar-refractivity contribution in [2.24, 2.45) is 10.2 Å². The van der Waals surface area contributed by atoms with Crippen molar-refractivity contribution in [3.8, 4) is 11.2 Å². The van der Waals surface area contributed by atoms with E-state index in [-0.39, 0.29) is 22.3 Å². The molecule has 6 rings (SSSR count).